The number of carbonyl (C=O) groups is 1. The first-order chi connectivity index (χ1) is 12.4. The lowest BCUT2D eigenvalue weighted by Gasteiger charge is -2.27. The van der Waals surface area contributed by atoms with Gasteiger partial charge in [-0.25, -0.2) is 12.8 Å². The molecule has 2 heterocycles. The van der Waals surface area contributed by atoms with Gasteiger partial charge in [-0.2, -0.15) is 0 Å². The molecule has 1 saturated heterocycles. The smallest absolute Gasteiger partial charge is 0.223 e. The van der Waals surface area contributed by atoms with Crippen LogP contribution in [0.1, 0.15) is 31.9 Å². The van der Waals surface area contributed by atoms with Gasteiger partial charge in [-0.1, -0.05) is 6.92 Å². The Balaban J connectivity index is 1.78. The molecule has 1 aliphatic rings. The summed E-state index contributed by atoms with van der Waals surface area (Å²) in [4.78, 5) is 14.1. The number of carbonyl (C=O) groups excluding carboxylic acids is 1. The molecule has 0 unspecified atom stereocenters. The number of furan rings is 1. The van der Waals surface area contributed by atoms with Crippen LogP contribution in [0.3, 0.4) is 0 Å². The first-order valence-corrected chi connectivity index (χ1v) is 10.5. The maximum absolute atomic E-state index is 13.1. The van der Waals surface area contributed by atoms with Gasteiger partial charge in [0.25, 0.3) is 0 Å². The highest BCUT2D eigenvalue weighted by atomic mass is 32.2. The molecule has 1 aliphatic heterocycles. The van der Waals surface area contributed by atoms with Crippen molar-refractivity contribution in [1.82, 2.24) is 4.90 Å². The van der Waals surface area contributed by atoms with Crippen LogP contribution in [0.15, 0.2) is 40.8 Å². The summed E-state index contributed by atoms with van der Waals surface area (Å²) in [5.74, 6) is 0.911. The van der Waals surface area contributed by atoms with Crippen LogP contribution in [0.25, 0.3) is 11.3 Å². The molecular weight excluding hydrogens is 357 g/mol. The third kappa shape index (κ3) is 4.33. The molecule has 3 rings (SSSR count). The summed E-state index contributed by atoms with van der Waals surface area (Å²) < 4.78 is 42.5. The number of nitrogens with zero attached hydrogens (tertiary/aromatic N) is 1. The third-order valence-electron chi connectivity index (χ3n) is 4.55. The van der Waals surface area contributed by atoms with Crippen LogP contribution in [0.4, 0.5) is 4.39 Å². The largest absolute Gasteiger partial charge is 0.459 e. The van der Waals surface area contributed by atoms with Crippen molar-refractivity contribution >= 4 is 15.7 Å². The van der Waals surface area contributed by atoms with Crippen molar-refractivity contribution < 1.29 is 22.0 Å². The van der Waals surface area contributed by atoms with E-state index in [0.29, 0.717) is 30.8 Å². The molecule has 0 bridgehead atoms. The minimum atomic E-state index is -3.08. The minimum Gasteiger partial charge on any atom is -0.459 e. The van der Waals surface area contributed by atoms with Crippen LogP contribution in [0, 0.1) is 5.82 Å². The van der Waals surface area contributed by atoms with Crippen molar-refractivity contribution in [2.75, 3.05) is 11.5 Å². The van der Waals surface area contributed by atoms with E-state index in [-0.39, 0.29) is 35.8 Å². The van der Waals surface area contributed by atoms with Gasteiger partial charge in [-0.15, -0.1) is 0 Å². The molecule has 0 saturated carbocycles. The lowest BCUT2D eigenvalue weighted by atomic mass is 10.1. The van der Waals surface area contributed by atoms with Crippen molar-refractivity contribution in [3.05, 3.63) is 48.0 Å². The molecule has 0 radical (unpaired) electrons. The van der Waals surface area contributed by atoms with E-state index >= 15 is 0 Å². The Kier molecular flexibility index (Phi) is 5.46. The van der Waals surface area contributed by atoms with Gasteiger partial charge in [-0.3, -0.25) is 4.79 Å². The summed E-state index contributed by atoms with van der Waals surface area (Å²) in [6.45, 7) is 2.15. The molecule has 1 aromatic carbocycles. The first kappa shape index (κ1) is 18.6. The number of halogens is 1. The molecule has 5 nitrogen and oxygen atoms in total. The molecule has 26 heavy (non-hydrogen) atoms. The Morgan fingerprint density at radius 2 is 1.96 bits per heavy atom. The average molecular weight is 379 g/mol. The molecule has 1 atom stereocenters. The standard InChI is InChI=1S/C19H22FNO4S/c1-2-3-19(22)21(16-10-11-26(23,24)13-16)12-17-8-9-18(25-17)14-4-6-15(20)7-5-14/h4-9,16H,2-3,10-13H2,1H3/t16-/m1/s1. The van der Waals surface area contributed by atoms with E-state index in [1.54, 1.807) is 29.2 Å². The Morgan fingerprint density at radius 1 is 1.23 bits per heavy atom. The second kappa shape index (κ2) is 7.61. The monoisotopic (exact) mass is 379 g/mol. The summed E-state index contributed by atoms with van der Waals surface area (Å²) in [6.07, 6.45) is 1.54. The van der Waals surface area contributed by atoms with Crippen LogP contribution < -0.4 is 0 Å². The van der Waals surface area contributed by atoms with Crippen LogP contribution >= 0.6 is 0 Å². The second-order valence-corrected chi connectivity index (χ2v) is 8.83. The number of hydrogen-bond donors (Lipinski definition) is 0. The van der Waals surface area contributed by atoms with Crippen molar-refractivity contribution in [2.24, 2.45) is 0 Å². The highest BCUT2D eigenvalue weighted by Crippen LogP contribution is 2.26. The molecule has 1 fully saturated rings. The van der Waals surface area contributed by atoms with Crippen LogP contribution in [0.2, 0.25) is 0 Å². The van der Waals surface area contributed by atoms with E-state index in [2.05, 4.69) is 0 Å². The molecular formula is C19H22FNO4S. The maximum Gasteiger partial charge on any atom is 0.223 e. The van der Waals surface area contributed by atoms with Gasteiger partial charge in [0.1, 0.15) is 17.3 Å². The average Bonchev–Trinajstić information content (AvgIpc) is 3.20. The van der Waals surface area contributed by atoms with E-state index in [0.717, 1.165) is 5.56 Å². The molecule has 140 valence electrons. The summed E-state index contributed by atoms with van der Waals surface area (Å²) in [6, 6.07) is 9.21. The van der Waals surface area contributed by atoms with Crippen molar-refractivity contribution in [3.63, 3.8) is 0 Å². The minimum absolute atomic E-state index is 0.00792. The molecule has 1 aromatic heterocycles. The number of benzene rings is 1. The highest BCUT2D eigenvalue weighted by molar-refractivity contribution is 7.91. The molecule has 1 amide bonds. The van der Waals surface area contributed by atoms with Crippen LogP contribution in [-0.4, -0.2) is 36.8 Å². The van der Waals surface area contributed by atoms with Crippen molar-refractivity contribution in [2.45, 2.75) is 38.8 Å². The summed E-state index contributed by atoms with van der Waals surface area (Å²) >= 11 is 0. The Morgan fingerprint density at radius 3 is 2.58 bits per heavy atom. The number of hydrogen-bond acceptors (Lipinski definition) is 4. The van der Waals surface area contributed by atoms with Crippen molar-refractivity contribution in [3.8, 4) is 11.3 Å². The lowest BCUT2D eigenvalue weighted by Crippen LogP contribution is -2.40. The molecule has 0 N–H and O–H groups in total. The van der Waals surface area contributed by atoms with Crippen LogP contribution in [0.5, 0.6) is 0 Å². The summed E-state index contributed by atoms with van der Waals surface area (Å²) in [7, 11) is -3.08. The Labute approximate surface area is 152 Å². The third-order valence-corrected chi connectivity index (χ3v) is 6.30. The summed E-state index contributed by atoms with van der Waals surface area (Å²) in [5, 5.41) is 0. The van der Waals surface area contributed by atoms with E-state index in [1.807, 2.05) is 6.92 Å². The number of sulfone groups is 1. The zero-order valence-electron chi connectivity index (χ0n) is 14.7. The normalized spacial score (nSPS) is 18.8. The first-order valence-electron chi connectivity index (χ1n) is 8.72. The Bertz CT molecular complexity index is 873. The number of rotatable bonds is 6. The van der Waals surface area contributed by atoms with E-state index in [4.69, 9.17) is 4.42 Å². The lowest BCUT2D eigenvalue weighted by molar-refractivity contribution is -0.134. The summed E-state index contributed by atoms with van der Waals surface area (Å²) in [5.41, 5.74) is 0.743. The molecule has 2 aromatic rings. The van der Waals surface area contributed by atoms with Gasteiger partial charge >= 0.3 is 0 Å². The fourth-order valence-corrected chi connectivity index (χ4v) is 4.93. The quantitative estimate of drug-likeness (QED) is 0.771. The van der Waals surface area contributed by atoms with Gasteiger partial charge in [-0.05, 0) is 49.2 Å². The van der Waals surface area contributed by atoms with Gasteiger partial charge in [0.05, 0.1) is 18.1 Å². The maximum atomic E-state index is 13.1. The van der Waals surface area contributed by atoms with Gasteiger partial charge < -0.3 is 9.32 Å². The van der Waals surface area contributed by atoms with Gasteiger partial charge in [0.15, 0.2) is 9.84 Å². The van der Waals surface area contributed by atoms with Gasteiger partial charge in [0.2, 0.25) is 5.91 Å². The van der Waals surface area contributed by atoms with E-state index in [1.165, 1.54) is 12.1 Å². The van der Waals surface area contributed by atoms with Gasteiger partial charge in [0, 0.05) is 18.0 Å². The SMILES string of the molecule is CCCC(=O)N(Cc1ccc(-c2ccc(F)cc2)o1)[C@@H]1CCS(=O)(=O)C1. The Hall–Kier alpha value is -2.15. The van der Waals surface area contributed by atoms with E-state index < -0.39 is 9.84 Å². The topological polar surface area (TPSA) is 67.6 Å². The predicted molar refractivity (Wildman–Crippen MR) is 96.6 cm³/mol. The molecule has 0 aliphatic carbocycles. The molecule has 0 spiro atoms. The highest BCUT2D eigenvalue weighted by Gasteiger charge is 2.34. The fourth-order valence-electron chi connectivity index (χ4n) is 3.20. The number of amides is 1. The fraction of sp³-hybridized carbons (Fsp3) is 0.421. The zero-order valence-corrected chi connectivity index (χ0v) is 15.5. The van der Waals surface area contributed by atoms with E-state index in [9.17, 15) is 17.6 Å². The second-order valence-electron chi connectivity index (χ2n) is 6.60. The zero-order chi connectivity index (χ0) is 18.7. The predicted octanol–water partition coefficient (Wildman–Crippen LogP) is 3.40. The van der Waals surface area contributed by atoms with Crippen molar-refractivity contribution in [1.29, 1.82) is 0 Å². The van der Waals surface area contributed by atoms with Crippen LogP contribution in [-0.2, 0) is 21.2 Å². The molecule has 7 heteroatoms.